The Bertz CT molecular complexity index is 1260. The van der Waals surface area contributed by atoms with E-state index in [1.54, 1.807) is 6.33 Å². The van der Waals surface area contributed by atoms with Gasteiger partial charge >= 0.3 is 0 Å². The molecular weight excluding hydrogens is 342 g/mol. The van der Waals surface area contributed by atoms with Crippen molar-refractivity contribution >= 4 is 27.2 Å². The van der Waals surface area contributed by atoms with Gasteiger partial charge in [0.25, 0.3) is 0 Å². The highest BCUT2D eigenvalue weighted by Crippen LogP contribution is 2.38. The molecule has 0 aliphatic heterocycles. The van der Waals surface area contributed by atoms with Crippen molar-refractivity contribution in [1.29, 1.82) is 0 Å². The van der Waals surface area contributed by atoms with Gasteiger partial charge in [0, 0.05) is 22.8 Å². The number of thiophene rings is 1. The lowest BCUT2D eigenvalue weighted by Gasteiger charge is -2.07. The zero-order valence-electron chi connectivity index (χ0n) is 14.0. The lowest BCUT2D eigenvalue weighted by molar-refractivity contribution is 0.914. The van der Waals surface area contributed by atoms with E-state index >= 15 is 0 Å². The second kappa shape index (κ2) is 5.25. The monoisotopic (exact) mass is 357 g/mol. The molecule has 4 aromatic heterocycles. The summed E-state index contributed by atoms with van der Waals surface area (Å²) in [4.78, 5) is 12.1. The lowest BCUT2D eigenvalue weighted by atomic mass is 10.1. The molecule has 0 atom stereocenters. The highest BCUT2D eigenvalue weighted by atomic mass is 32.1. The van der Waals surface area contributed by atoms with Crippen LogP contribution in [-0.4, -0.2) is 24.1 Å². The molecule has 6 rings (SSSR count). The molecule has 5 aromatic rings. The Labute approximate surface area is 153 Å². The molecular formula is C20H15N5S. The van der Waals surface area contributed by atoms with Crippen molar-refractivity contribution < 1.29 is 0 Å². The van der Waals surface area contributed by atoms with Crippen LogP contribution in [0.5, 0.6) is 0 Å². The van der Waals surface area contributed by atoms with E-state index < -0.39 is 0 Å². The number of nitrogens with zero attached hydrogens (tertiary/aromatic N) is 5. The minimum Gasteiger partial charge on any atom is -0.323 e. The van der Waals surface area contributed by atoms with Gasteiger partial charge in [0.1, 0.15) is 11.2 Å². The third kappa shape index (κ3) is 1.93. The van der Waals surface area contributed by atoms with Gasteiger partial charge in [-0.3, -0.25) is 0 Å². The molecule has 0 amide bonds. The van der Waals surface area contributed by atoms with Crippen LogP contribution < -0.4 is 0 Å². The standard InChI is InChI=1S/C20H15N5S/c1-2-8-15(24-10-3-4-11-24)13(6-1)18-22-19-17-14-7-5-9-16(14)26-20(17)21-12-25(19)23-18/h1-4,6,8,10-12H,5,7,9H2. The molecule has 0 radical (unpaired) electrons. The quantitative estimate of drug-likeness (QED) is 0.474. The summed E-state index contributed by atoms with van der Waals surface area (Å²) < 4.78 is 3.92. The Morgan fingerprint density at radius 3 is 2.81 bits per heavy atom. The average Bonchev–Trinajstić information content (AvgIpc) is 3.42. The van der Waals surface area contributed by atoms with Crippen molar-refractivity contribution in [3.8, 4) is 17.1 Å². The molecule has 1 aromatic carbocycles. The molecule has 0 saturated heterocycles. The van der Waals surface area contributed by atoms with E-state index in [0.717, 1.165) is 34.0 Å². The van der Waals surface area contributed by atoms with Crippen LogP contribution in [0.2, 0.25) is 0 Å². The third-order valence-corrected chi connectivity index (χ3v) is 6.27. The van der Waals surface area contributed by atoms with Gasteiger partial charge in [-0.15, -0.1) is 16.4 Å². The van der Waals surface area contributed by atoms with Crippen molar-refractivity contribution in [3.05, 3.63) is 65.6 Å². The highest BCUT2D eigenvalue weighted by Gasteiger charge is 2.22. The number of benzene rings is 1. The second-order valence-corrected chi connectivity index (χ2v) is 7.68. The van der Waals surface area contributed by atoms with Crippen molar-refractivity contribution in [1.82, 2.24) is 24.1 Å². The Hall–Kier alpha value is -2.99. The minimum atomic E-state index is 0.738. The summed E-state index contributed by atoms with van der Waals surface area (Å²) in [5.74, 6) is 0.738. The largest absolute Gasteiger partial charge is 0.323 e. The maximum absolute atomic E-state index is 4.94. The first-order valence-corrected chi connectivity index (χ1v) is 9.58. The van der Waals surface area contributed by atoms with Crippen LogP contribution in [0.4, 0.5) is 0 Å². The molecule has 0 spiro atoms. The number of hydrogen-bond donors (Lipinski definition) is 0. The fourth-order valence-corrected chi connectivity index (χ4v) is 5.11. The van der Waals surface area contributed by atoms with Gasteiger partial charge in [0.2, 0.25) is 0 Å². The van der Waals surface area contributed by atoms with Crippen LogP contribution in [0.25, 0.3) is 32.9 Å². The number of para-hydroxylation sites is 1. The fourth-order valence-electron chi connectivity index (χ4n) is 3.89. The van der Waals surface area contributed by atoms with Crippen LogP contribution in [0.1, 0.15) is 16.9 Å². The van der Waals surface area contributed by atoms with Crippen LogP contribution in [0, 0.1) is 0 Å². The van der Waals surface area contributed by atoms with Crippen molar-refractivity contribution in [3.63, 3.8) is 0 Å². The van der Waals surface area contributed by atoms with Crippen LogP contribution in [0.3, 0.4) is 0 Å². The lowest BCUT2D eigenvalue weighted by Crippen LogP contribution is -1.95. The molecule has 0 N–H and O–H groups in total. The molecule has 5 nitrogen and oxygen atoms in total. The Morgan fingerprint density at radius 2 is 1.88 bits per heavy atom. The average molecular weight is 357 g/mol. The third-order valence-electron chi connectivity index (χ3n) is 5.07. The SMILES string of the molecule is c1ccc(-n2cccc2)c(-c2nc3c4c5c(sc4ncn3n2)CCC5)c1. The number of aryl methyl sites for hydroxylation is 2. The number of rotatable bonds is 2. The summed E-state index contributed by atoms with van der Waals surface area (Å²) in [6.45, 7) is 0. The maximum atomic E-state index is 4.94. The predicted molar refractivity (Wildman–Crippen MR) is 103 cm³/mol. The van der Waals surface area contributed by atoms with Crippen LogP contribution in [0.15, 0.2) is 55.1 Å². The van der Waals surface area contributed by atoms with E-state index in [9.17, 15) is 0 Å². The molecule has 126 valence electrons. The first-order valence-electron chi connectivity index (χ1n) is 8.77. The predicted octanol–water partition coefficient (Wildman–Crippen LogP) is 4.29. The Balaban J connectivity index is 1.62. The van der Waals surface area contributed by atoms with Crippen molar-refractivity contribution in [2.24, 2.45) is 0 Å². The van der Waals surface area contributed by atoms with Crippen molar-refractivity contribution in [2.45, 2.75) is 19.3 Å². The van der Waals surface area contributed by atoms with Crippen molar-refractivity contribution in [2.75, 3.05) is 0 Å². The number of hydrogen-bond acceptors (Lipinski definition) is 4. The maximum Gasteiger partial charge on any atom is 0.184 e. The Kier molecular flexibility index (Phi) is 2.87. The van der Waals surface area contributed by atoms with Gasteiger partial charge < -0.3 is 4.57 Å². The zero-order valence-corrected chi connectivity index (χ0v) is 14.8. The van der Waals surface area contributed by atoms with E-state index in [4.69, 9.17) is 10.1 Å². The topological polar surface area (TPSA) is 48.0 Å². The summed E-state index contributed by atoms with van der Waals surface area (Å²) in [5.41, 5.74) is 4.45. The molecule has 1 aliphatic carbocycles. The van der Waals surface area contributed by atoms with Gasteiger partial charge in [-0.25, -0.2) is 14.5 Å². The number of fused-ring (bicyclic) bond motifs is 5. The first-order chi connectivity index (χ1) is 12.9. The molecule has 6 heteroatoms. The van der Waals surface area contributed by atoms with E-state index in [2.05, 4.69) is 21.7 Å². The molecule has 0 saturated carbocycles. The second-order valence-electron chi connectivity index (χ2n) is 6.59. The molecule has 0 unspecified atom stereocenters. The number of aromatic nitrogens is 5. The van der Waals surface area contributed by atoms with Gasteiger partial charge in [0.15, 0.2) is 11.5 Å². The summed E-state index contributed by atoms with van der Waals surface area (Å²) in [6, 6.07) is 12.3. The van der Waals surface area contributed by atoms with E-state index in [-0.39, 0.29) is 0 Å². The molecule has 0 fully saturated rings. The fraction of sp³-hybridized carbons (Fsp3) is 0.150. The smallest absolute Gasteiger partial charge is 0.184 e. The summed E-state index contributed by atoms with van der Waals surface area (Å²) in [5, 5.41) is 5.94. The van der Waals surface area contributed by atoms with Gasteiger partial charge in [-0.05, 0) is 49.1 Å². The molecule has 1 aliphatic rings. The van der Waals surface area contributed by atoms with E-state index in [0.29, 0.717) is 0 Å². The van der Waals surface area contributed by atoms with Crippen LogP contribution in [-0.2, 0) is 12.8 Å². The molecule has 4 heterocycles. The van der Waals surface area contributed by atoms with E-state index in [1.165, 1.54) is 28.7 Å². The summed E-state index contributed by atoms with van der Waals surface area (Å²) in [7, 11) is 0. The Morgan fingerprint density at radius 1 is 1.00 bits per heavy atom. The molecule has 0 bridgehead atoms. The zero-order chi connectivity index (χ0) is 17.1. The normalized spacial score (nSPS) is 13.7. The van der Waals surface area contributed by atoms with E-state index in [1.807, 2.05) is 52.5 Å². The minimum absolute atomic E-state index is 0.738. The first kappa shape index (κ1) is 14.2. The van der Waals surface area contributed by atoms with Gasteiger partial charge in [-0.1, -0.05) is 12.1 Å². The highest BCUT2D eigenvalue weighted by molar-refractivity contribution is 7.19. The van der Waals surface area contributed by atoms with Crippen LogP contribution >= 0.6 is 11.3 Å². The molecule has 26 heavy (non-hydrogen) atoms. The summed E-state index contributed by atoms with van der Waals surface area (Å²) >= 11 is 1.81. The summed E-state index contributed by atoms with van der Waals surface area (Å²) in [6.07, 6.45) is 9.40. The van der Waals surface area contributed by atoms with Gasteiger partial charge in [-0.2, -0.15) is 0 Å². The van der Waals surface area contributed by atoms with Gasteiger partial charge in [0.05, 0.1) is 11.1 Å².